The van der Waals surface area contributed by atoms with Gasteiger partial charge in [-0.05, 0) is 16.9 Å². The Labute approximate surface area is 211 Å². The summed E-state index contributed by atoms with van der Waals surface area (Å²) in [6.45, 7) is 12.8. The standard InChI is InChI=1S/C26H40BN3O5/c1-16(2)18(23(33)35-10)29(8)22(32)19(25(3,4)5)28-21(31)20(30(9)24(27)34)26(6,7)17-14-12-11-13-15-17/h11-16,18-20H,1-10H3,(H,28,31)/t18-,19+,20+/m0/s1. The molecule has 0 fully saturated rings. The molecule has 1 aromatic rings. The smallest absolute Gasteiger partial charge is 0.328 e. The SMILES string of the molecule is [B]C(=O)N(C)[C@H](C(=O)N[C@H](C(=O)N(C)[C@H](C(=O)OC)C(C)C)C(C)(C)C)C(C)(C)c1ccccc1. The molecule has 3 atom stereocenters. The second-order valence-electron chi connectivity index (χ2n) is 10.9. The van der Waals surface area contributed by atoms with E-state index in [1.165, 1.54) is 31.0 Å². The van der Waals surface area contributed by atoms with Crippen molar-refractivity contribution in [3.8, 4) is 0 Å². The van der Waals surface area contributed by atoms with Crippen LogP contribution in [0, 0.1) is 11.3 Å². The molecule has 0 saturated heterocycles. The number of nitrogens with zero attached hydrogens (tertiary/aromatic N) is 2. The second kappa shape index (κ2) is 11.7. The van der Waals surface area contributed by atoms with Crippen LogP contribution in [-0.2, 0) is 24.5 Å². The van der Waals surface area contributed by atoms with Gasteiger partial charge in [-0.3, -0.25) is 14.4 Å². The summed E-state index contributed by atoms with van der Waals surface area (Å²) in [4.78, 5) is 54.5. The van der Waals surface area contributed by atoms with Crippen molar-refractivity contribution in [1.82, 2.24) is 15.1 Å². The van der Waals surface area contributed by atoms with E-state index in [9.17, 15) is 19.2 Å². The molecule has 3 amide bonds. The number of rotatable bonds is 9. The van der Waals surface area contributed by atoms with Crippen LogP contribution in [0.3, 0.4) is 0 Å². The Morgan fingerprint density at radius 1 is 0.943 bits per heavy atom. The van der Waals surface area contributed by atoms with Crippen LogP contribution in [0.1, 0.15) is 54.0 Å². The monoisotopic (exact) mass is 485 g/mol. The van der Waals surface area contributed by atoms with Crippen molar-refractivity contribution < 1.29 is 23.9 Å². The van der Waals surface area contributed by atoms with Crippen LogP contribution in [0.2, 0.25) is 0 Å². The van der Waals surface area contributed by atoms with E-state index in [1.807, 2.05) is 78.8 Å². The van der Waals surface area contributed by atoms with E-state index in [0.29, 0.717) is 0 Å². The van der Waals surface area contributed by atoms with Gasteiger partial charge in [-0.1, -0.05) is 78.8 Å². The molecule has 8 nitrogen and oxygen atoms in total. The number of hydrogen-bond acceptors (Lipinski definition) is 5. The Bertz CT molecular complexity index is 911. The van der Waals surface area contributed by atoms with E-state index in [-0.39, 0.29) is 5.92 Å². The van der Waals surface area contributed by atoms with Gasteiger partial charge in [0.25, 0.3) is 0 Å². The van der Waals surface area contributed by atoms with E-state index in [4.69, 9.17) is 12.6 Å². The number of likely N-dealkylation sites (N-methyl/N-ethyl adjacent to an activating group) is 2. The highest BCUT2D eigenvalue weighted by Gasteiger charge is 2.45. The molecule has 0 aromatic heterocycles. The van der Waals surface area contributed by atoms with E-state index in [1.54, 1.807) is 0 Å². The van der Waals surface area contributed by atoms with E-state index in [2.05, 4.69) is 5.32 Å². The number of nitrogens with one attached hydrogen (secondary N) is 1. The summed E-state index contributed by atoms with van der Waals surface area (Å²) in [5.74, 6) is -2.48. The topological polar surface area (TPSA) is 96.0 Å². The van der Waals surface area contributed by atoms with Gasteiger partial charge in [0.15, 0.2) is 5.81 Å². The Balaban J connectivity index is 3.45. The number of esters is 1. The quantitative estimate of drug-likeness (QED) is 0.429. The Hall–Kier alpha value is -2.84. The highest BCUT2D eigenvalue weighted by Crippen LogP contribution is 2.31. The summed E-state index contributed by atoms with van der Waals surface area (Å²) >= 11 is 0. The molecule has 192 valence electrons. The van der Waals surface area contributed by atoms with Gasteiger partial charge in [-0.25, -0.2) is 4.79 Å². The Morgan fingerprint density at radius 3 is 1.86 bits per heavy atom. The predicted octanol–water partition coefficient (Wildman–Crippen LogP) is 2.74. The van der Waals surface area contributed by atoms with Crippen LogP contribution >= 0.6 is 0 Å². The lowest BCUT2D eigenvalue weighted by molar-refractivity contribution is -0.155. The van der Waals surface area contributed by atoms with Gasteiger partial charge in [-0.15, -0.1) is 0 Å². The molecule has 9 heteroatoms. The van der Waals surface area contributed by atoms with Crippen LogP contribution < -0.4 is 5.32 Å². The summed E-state index contributed by atoms with van der Waals surface area (Å²) in [6.07, 6.45) is 0. The molecule has 0 aliphatic carbocycles. The first-order chi connectivity index (χ1) is 16.0. The van der Waals surface area contributed by atoms with Crippen molar-refractivity contribution in [1.29, 1.82) is 0 Å². The van der Waals surface area contributed by atoms with Gasteiger partial charge in [-0.2, -0.15) is 0 Å². The maximum absolute atomic E-state index is 13.8. The third-order valence-corrected chi connectivity index (χ3v) is 6.42. The molecule has 0 spiro atoms. The van der Waals surface area contributed by atoms with E-state index in [0.717, 1.165) is 5.56 Å². The number of hydrogen-bond donors (Lipinski definition) is 1. The van der Waals surface area contributed by atoms with E-state index >= 15 is 0 Å². The van der Waals surface area contributed by atoms with Crippen molar-refractivity contribution >= 4 is 31.4 Å². The van der Waals surface area contributed by atoms with Gasteiger partial charge >= 0.3 is 5.97 Å². The highest BCUT2D eigenvalue weighted by atomic mass is 16.5. The third-order valence-electron chi connectivity index (χ3n) is 6.42. The summed E-state index contributed by atoms with van der Waals surface area (Å²) in [5, 5.41) is 2.87. The molecule has 1 aromatic carbocycles. The number of carbonyl (C=O) groups excluding carboxylic acids is 4. The zero-order valence-corrected chi connectivity index (χ0v) is 22.7. The Kier molecular flexibility index (Phi) is 10.1. The number of carbonyl (C=O) groups is 4. The molecule has 0 bridgehead atoms. The van der Waals surface area contributed by atoms with Crippen molar-refractivity contribution in [3.63, 3.8) is 0 Å². The lowest BCUT2D eigenvalue weighted by Crippen LogP contribution is -2.63. The van der Waals surface area contributed by atoms with Crippen LogP contribution in [0.25, 0.3) is 0 Å². The van der Waals surface area contributed by atoms with Crippen LogP contribution in [0.4, 0.5) is 4.79 Å². The lowest BCUT2D eigenvalue weighted by Gasteiger charge is -2.42. The molecule has 0 saturated carbocycles. The average molecular weight is 485 g/mol. The minimum absolute atomic E-state index is 0.210. The van der Waals surface area contributed by atoms with Gasteiger partial charge in [0.05, 0.1) is 7.11 Å². The highest BCUT2D eigenvalue weighted by molar-refractivity contribution is 6.57. The first kappa shape index (κ1) is 30.2. The minimum Gasteiger partial charge on any atom is -0.467 e. The van der Waals surface area contributed by atoms with Gasteiger partial charge < -0.3 is 19.9 Å². The fourth-order valence-corrected chi connectivity index (χ4v) is 4.35. The fraction of sp³-hybridized carbons (Fsp3) is 0.615. The zero-order chi connectivity index (χ0) is 27.3. The largest absolute Gasteiger partial charge is 0.467 e. The maximum atomic E-state index is 13.8. The first-order valence-electron chi connectivity index (χ1n) is 11.7. The van der Waals surface area contributed by atoms with Crippen molar-refractivity contribution in [2.45, 2.75) is 72.0 Å². The maximum Gasteiger partial charge on any atom is 0.328 e. The van der Waals surface area contributed by atoms with Gasteiger partial charge in [0.2, 0.25) is 19.7 Å². The molecule has 2 radical (unpaired) electrons. The number of ether oxygens (including phenoxy) is 1. The molecular formula is C26H40BN3O5. The molecule has 1 N–H and O–H groups in total. The summed E-state index contributed by atoms with van der Waals surface area (Å²) in [6, 6.07) is 6.50. The normalized spacial score (nSPS) is 14.5. The zero-order valence-electron chi connectivity index (χ0n) is 22.7. The third kappa shape index (κ3) is 7.09. The molecule has 0 aliphatic heterocycles. The lowest BCUT2D eigenvalue weighted by atomic mass is 9.75. The average Bonchev–Trinajstić information content (AvgIpc) is 2.76. The van der Waals surface area contributed by atoms with Crippen molar-refractivity contribution in [3.05, 3.63) is 35.9 Å². The summed E-state index contributed by atoms with van der Waals surface area (Å²) in [7, 11) is 9.83. The van der Waals surface area contributed by atoms with Crippen LogP contribution in [-0.4, -0.2) is 80.6 Å². The van der Waals surface area contributed by atoms with E-state index < -0.39 is 52.5 Å². The van der Waals surface area contributed by atoms with Gasteiger partial charge in [0, 0.05) is 19.5 Å². The van der Waals surface area contributed by atoms with Crippen LogP contribution in [0.15, 0.2) is 30.3 Å². The molecular weight excluding hydrogens is 445 g/mol. The fourth-order valence-electron chi connectivity index (χ4n) is 4.35. The number of amides is 3. The molecule has 0 aliphatic rings. The number of methoxy groups -OCH3 is 1. The molecule has 1 rings (SSSR count). The molecule has 35 heavy (non-hydrogen) atoms. The summed E-state index contributed by atoms with van der Waals surface area (Å²) < 4.78 is 4.90. The van der Waals surface area contributed by atoms with Gasteiger partial charge in [0.1, 0.15) is 18.1 Å². The summed E-state index contributed by atoms with van der Waals surface area (Å²) in [5.41, 5.74) is -0.709. The first-order valence-corrected chi connectivity index (χ1v) is 11.7. The molecule has 0 unspecified atom stereocenters. The van der Waals surface area contributed by atoms with Crippen LogP contribution in [0.5, 0.6) is 0 Å². The van der Waals surface area contributed by atoms with Crippen molar-refractivity contribution in [2.24, 2.45) is 11.3 Å². The second-order valence-corrected chi connectivity index (χ2v) is 10.9. The predicted molar refractivity (Wildman–Crippen MR) is 137 cm³/mol. The minimum atomic E-state index is -1.01. The Morgan fingerprint density at radius 2 is 1.46 bits per heavy atom. The van der Waals surface area contributed by atoms with Crippen molar-refractivity contribution in [2.75, 3.05) is 21.2 Å². The number of benzene rings is 1. The molecule has 0 heterocycles.